The molecule has 1 fully saturated rings. The molecule has 3 aliphatic rings. The number of hydrogen-bond donors (Lipinski definition) is 1. The number of nitrogens with one attached hydrogen (secondary N) is 1. The van der Waals surface area contributed by atoms with Gasteiger partial charge in [0.2, 0.25) is 11.8 Å². The molecule has 0 saturated carbocycles. The van der Waals surface area contributed by atoms with E-state index >= 15 is 0 Å². The van der Waals surface area contributed by atoms with Gasteiger partial charge in [0.25, 0.3) is 0 Å². The second kappa shape index (κ2) is 9.02. The zero-order valence-corrected chi connectivity index (χ0v) is 20.3. The monoisotopic (exact) mass is 513 g/mol. The summed E-state index contributed by atoms with van der Waals surface area (Å²) < 4.78 is 49.3. The first-order valence-corrected chi connectivity index (χ1v) is 12.2. The molecule has 194 valence electrons. The normalized spacial score (nSPS) is 20.8. The summed E-state index contributed by atoms with van der Waals surface area (Å²) in [5.74, 6) is 1.93. The second-order valence-electron chi connectivity index (χ2n) is 9.61. The standard InChI is InChI=1S/C25H26F3N7O2/c1-34-22-21-18(3-2-9-35(21)14-24(34)8-10-36-15-24)32-23(33-22)31-12-16-4-7-20(30-11-16)37-17-5-6-19(29-13-17)25(26,27)28/h4-7,11,13H,2-3,8-10,12,14-15H2,1H3,(H,31,32,33)/t24-/m1/s1. The minimum absolute atomic E-state index is 0.0600. The topological polar surface area (TPSA) is 88.5 Å². The van der Waals surface area contributed by atoms with Gasteiger partial charge in [-0.15, -0.1) is 0 Å². The molecule has 6 rings (SSSR count). The SMILES string of the molecule is CN1c2nc(NCc3ccc(Oc4ccc(C(F)(F)F)nc4)nc3)nc3c2N(CCC3)C[C@@]12CCOC2. The number of hydrogen-bond acceptors (Lipinski definition) is 9. The summed E-state index contributed by atoms with van der Waals surface area (Å²) in [6.45, 7) is 3.86. The quantitative estimate of drug-likeness (QED) is 0.543. The highest BCUT2D eigenvalue weighted by molar-refractivity contribution is 5.75. The third-order valence-corrected chi connectivity index (χ3v) is 7.19. The number of rotatable bonds is 5. The van der Waals surface area contributed by atoms with E-state index in [2.05, 4.69) is 32.1 Å². The molecule has 37 heavy (non-hydrogen) atoms. The molecule has 1 spiro atoms. The Morgan fingerprint density at radius 2 is 2.03 bits per heavy atom. The van der Waals surface area contributed by atoms with Crippen LogP contribution in [0.3, 0.4) is 0 Å². The van der Waals surface area contributed by atoms with Crippen LogP contribution >= 0.6 is 0 Å². The van der Waals surface area contributed by atoms with Gasteiger partial charge >= 0.3 is 6.18 Å². The summed E-state index contributed by atoms with van der Waals surface area (Å²) in [5, 5.41) is 3.32. The largest absolute Gasteiger partial charge is 0.437 e. The minimum atomic E-state index is -4.49. The lowest BCUT2D eigenvalue weighted by Gasteiger charge is -2.50. The van der Waals surface area contributed by atoms with Crippen LogP contribution in [-0.4, -0.2) is 58.8 Å². The van der Waals surface area contributed by atoms with Crippen molar-refractivity contribution in [2.24, 2.45) is 0 Å². The van der Waals surface area contributed by atoms with Gasteiger partial charge in [0, 0.05) is 45.6 Å². The number of nitrogens with zero attached hydrogens (tertiary/aromatic N) is 6. The fraction of sp³-hybridized carbons (Fsp3) is 0.440. The predicted octanol–water partition coefficient (Wildman–Crippen LogP) is 4.05. The number of anilines is 3. The van der Waals surface area contributed by atoms with Crippen molar-refractivity contribution < 1.29 is 22.6 Å². The number of alkyl halides is 3. The Kier molecular flexibility index (Phi) is 5.78. The summed E-state index contributed by atoms with van der Waals surface area (Å²) in [7, 11) is 2.10. The van der Waals surface area contributed by atoms with Crippen LogP contribution in [0.25, 0.3) is 0 Å². The van der Waals surface area contributed by atoms with E-state index in [9.17, 15) is 13.2 Å². The summed E-state index contributed by atoms with van der Waals surface area (Å²) in [6, 6.07) is 5.57. The molecule has 1 atom stereocenters. The number of likely N-dealkylation sites (N-methyl/N-ethyl adjacent to an activating group) is 1. The Hall–Kier alpha value is -3.67. The molecular formula is C25H26F3N7O2. The number of pyridine rings is 2. The van der Waals surface area contributed by atoms with Gasteiger partial charge in [0.05, 0.1) is 24.0 Å². The summed E-state index contributed by atoms with van der Waals surface area (Å²) in [5.41, 5.74) is 2.04. The van der Waals surface area contributed by atoms with Crippen molar-refractivity contribution in [2.45, 2.75) is 37.5 Å². The van der Waals surface area contributed by atoms with Crippen LogP contribution in [-0.2, 0) is 23.9 Å². The summed E-state index contributed by atoms with van der Waals surface area (Å²) >= 11 is 0. The van der Waals surface area contributed by atoms with Gasteiger partial charge in [-0.1, -0.05) is 6.07 Å². The second-order valence-corrected chi connectivity index (χ2v) is 9.61. The molecule has 0 bridgehead atoms. The zero-order valence-electron chi connectivity index (χ0n) is 20.3. The van der Waals surface area contributed by atoms with Crippen LogP contribution in [0.2, 0.25) is 0 Å². The van der Waals surface area contributed by atoms with E-state index in [1.54, 1.807) is 12.3 Å². The van der Waals surface area contributed by atoms with Crippen molar-refractivity contribution in [3.8, 4) is 11.6 Å². The highest BCUT2D eigenvalue weighted by Crippen LogP contribution is 2.44. The molecule has 0 unspecified atom stereocenters. The molecular weight excluding hydrogens is 487 g/mol. The summed E-state index contributed by atoms with van der Waals surface area (Å²) in [6.07, 6.45) is 1.13. The Bertz CT molecular complexity index is 1280. The van der Waals surface area contributed by atoms with Gasteiger partial charge in [0.15, 0.2) is 5.82 Å². The Morgan fingerprint density at radius 3 is 2.73 bits per heavy atom. The van der Waals surface area contributed by atoms with Crippen LogP contribution in [0.5, 0.6) is 11.6 Å². The first kappa shape index (κ1) is 23.7. The molecule has 12 heteroatoms. The van der Waals surface area contributed by atoms with Gasteiger partial charge < -0.3 is 24.6 Å². The van der Waals surface area contributed by atoms with E-state index < -0.39 is 11.9 Å². The van der Waals surface area contributed by atoms with E-state index in [4.69, 9.17) is 19.4 Å². The van der Waals surface area contributed by atoms with Crippen molar-refractivity contribution in [1.29, 1.82) is 0 Å². The fourth-order valence-electron chi connectivity index (χ4n) is 5.16. The van der Waals surface area contributed by atoms with Gasteiger partial charge in [-0.25, -0.2) is 15.0 Å². The highest BCUT2D eigenvalue weighted by atomic mass is 19.4. The van der Waals surface area contributed by atoms with Gasteiger partial charge in [0.1, 0.15) is 17.1 Å². The average Bonchev–Trinajstić information content (AvgIpc) is 3.36. The number of aryl methyl sites for hydroxylation is 1. The van der Waals surface area contributed by atoms with Crippen molar-refractivity contribution in [1.82, 2.24) is 19.9 Å². The third-order valence-electron chi connectivity index (χ3n) is 7.19. The lowest BCUT2D eigenvalue weighted by atomic mass is 9.90. The minimum Gasteiger partial charge on any atom is -0.437 e. The molecule has 3 aliphatic heterocycles. The maximum absolute atomic E-state index is 12.7. The van der Waals surface area contributed by atoms with Crippen molar-refractivity contribution >= 4 is 17.5 Å². The van der Waals surface area contributed by atoms with Crippen molar-refractivity contribution in [2.75, 3.05) is 48.5 Å². The lowest BCUT2D eigenvalue weighted by Crippen LogP contribution is -2.60. The van der Waals surface area contributed by atoms with Crippen LogP contribution in [0.15, 0.2) is 36.7 Å². The van der Waals surface area contributed by atoms with E-state index in [0.29, 0.717) is 19.1 Å². The zero-order chi connectivity index (χ0) is 25.6. The van der Waals surface area contributed by atoms with E-state index in [1.165, 1.54) is 6.07 Å². The molecule has 6 heterocycles. The van der Waals surface area contributed by atoms with Crippen LogP contribution in [0, 0.1) is 0 Å². The average molecular weight is 514 g/mol. The van der Waals surface area contributed by atoms with E-state index in [1.807, 2.05) is 6.07 Å². The first-order valence-electron chi connectivity index (χ1n) is 12.2. The third kappa shape index (κ3) is 4.50. The van der Waals surface area contributed by atoms with Crippen molar-refractivity contribution in [3.05, 3.63) is 53.6 Å². The number of aromatic nitrogens is 4. The van der Waals surface area contributed by atoms with Gasteiger partial charge in [-0.05, 0) is 37.0 Å². The molecule has 0 amide bonds. The Morgan fingerprint density at radius 1 is 1.14 bits per heavy atom. The maximum atomic E-state index is 12.7. The molecule has 3 aromatic rings. The predicted molar refractivity (Wildman–Crippen MR) is 130 cm³/mol. The van der Waals surface area contributed by atoms with Gasteiger partial charge in [-0.2, -0.15) is 18.2 Å². The highest BCUT2D eigenvalue weighted by Gasteiger charge is 2.47. The van der Waals surface area contributed by atoms with Crippen LogP contribution < -0.4 is 19.9 Å². The molecule has 3 aromatic heterocycles. The molecule has 1 N–H and O–H groups in total. The van der Waals surface area contributed by atoms with Crippen molar-refractivity contribution in [3.63, 3.8) is 0 Å². The maximum Gasteiger partial charge on any atom is 0.433 e. The molecule has 0 aromatic carbocycles. The first-order chi connectivity index (χ1) is 17.8. The molecule has 9 nitrogen and oxygen atoms in total. The van der Waals surface area contributed by atoms with E-state index in [-0.39, 0.29) is 17.2 Å². The summed E-state index contributed by atoms with van der Waals surface area (Å²) in [4.78, 5) is 22.1. The number of halogens is 3. The van der Waals surface area contributed by atoms with Crippen LogP contribution in [0.1, 0.15) is 29.8 Å². The number of ether oxygens (including phenoxy) is 2. The Balaban J connectivity index is 1.15. The smallest absolute Gasteiger partial charge is 0.433 e. The fourth-order valence-corrected chi connectivity index (χ4v) is 5.16. The molecule has 0 radical (unpaired) electrons. The molecule has 1 saturated heterocycles. The molecule has 0 aliphatic carbocycles. The van der Waals surface area contributed by atoms with E-state index in [0.717, 1.165) is 74.0 Å². The Labute approximate surface area is 211 Å². The van der Waals surface area contributed by atoms with Gasteiger partial charge in [-0.3, -0.25) is 0 Å². The van der Waals surface area contributed by atoms with Crippen LogP contribution in [0.4, 0.5) is 30.6 Å². The lowest BCUT2D eigenvalue weighted by molar-refractivity contribution is -0.141.